The summed E-state index contributed by atoms with van der Waals surface area (Å²) in [7, 11) is 0. The van der Waals surface area contributed by atoms with Crippen molar-refractivity contribution in [1.82, 2.24) is 0 Å². The van der Waals surface area contributed by atoms with Gasteiger partial charge < -0.3 is 10.5 Å². The summed E-state index contributed by atoms with van der Waals surface area (Å²) in [5, 5.41) is 0. The summed E-state index contributed by atoms with van der Waals surface area (Å²) in [6.07, 6.45) is 6.60. The minimum Gasteiger partial charge on any atom is -0.466 e. The highest BCUT2D eigenvalue weighted by Gasteiger charge is 2.27. The molecule has 0 aromatic rings. The molecule has 0 radical (unpaired) electrons. The van der Waals surface area contributed by atoms with E-state index in [-0.39, 0.29) is 17.9 Å². The third kappa shape index (κ3) is 3.29. The van der Waals surface area contributed by atoms with Crippen LogP contribution in [-0.4, -0.2) is 18.6 Å². The van der Waals surface area contributed by atoms with Crippen LogP contribution in [0.15, 0.2) is 0 Å². The van der Waals surface area contributed by atoms with Crippen LogP contribution in [0, 0.1) is 5.92 Å². The fourth-order valence-corrected chi connectivity index (χ4v) is 2.06. The van der Waals surface area contributed by atoms with Crippen molar-refractivity contribution in [2.24, 2.45) is 11.7 Å². The molecular weight excluding hydrogens is 178 g/mol. The molecule has 1 aliphatic carbocycles. The Morgan fingerprint density at radius 1 is 1.29 bits per heavy atom. The molecule has 0 spiro atoms. The summed E-state index contributed by atoms with van der Waals surface area (Å²) in [6.45, 7) is 2.30. The topological polar surface area (TPSA) is 52.3 Å². The summed E-state index contributed by atoms with van der Waals surface area (Å²) in [5.74, 6) is -0.155. The molecule has 1 saturated carbocycles. The van der Waals surface area contributed by atoms with Crippen LogP contribution in [0.25, 0.3) is 0 Å². The molecule has 14 heavy (non-hydrogen) atoms. The third-order valence-corrected chi connectivity index (χ3v) is 2.91. The highest BCUT2D eigenvalue weighted by atomic mass is 16.5. The lowest BCUT2D eigenvalue weighted by atomic mass is 9.87. The van der Waals surface area contributed by atoms with E-state index in [1.165, 1.54) is 12.8 Å². The fourth-order valence-electron chi connectivity index (χ4n) is 2.06. The van der Waals surface area contributed by atoms with E-state index in [4.69, 9.17) is 10.5 Å². The average molecular weight is 199 g/mol. The molecule has 0 bridgehead atoms. The number of carbonyl (C=O) groups excluding carboxylic acids is 1. The first-order chi connectivity index (χ1) is 6.75. The molecule has 82 valence electrons. The SMILES string of the molecule is CCOC(=O)[C@H]1CCCCCC[C@H]1N. The van der Waals surface area contributed by atoms with E-state index in [1.54, 1.807) is 0 Å². The molecule has 2 N–H and O–H groups in total. The zero-order valence-electron chi connectivity index (χ0n) is 9.00. The smallest absolute Gasteiger partial charge is 0.310 e. The van der Waals surface area contributed by atoms with E-state index >= 15 is 0 Å². The van der Waals surface area contributed by atoms with Crippen molar-refractivity contribution in [1.29, 1.82) is 0 Å². The molecule has 1 fully saturated rings. The van der Waals surface area contributed by atoms with Crippen LogP contribution in [0.2, 0.25) is 0 Å². The van der Waals surface area contributed by atoms with Crippen molar-refractivity contribution < 1.29 is 9.53 Å². The fraction of sp³-hybridized carbons (Fsp3) is 0.909. The van der Waals surface area contributed by atoms with Crippen molar-refractivity contribution >= 4 is 5.97 Å². The Morgan fingerprint density at radius 2 is 1.93 bits per heavy atom. The average Bonchev–Trinajstić information content (AvgIpc) is 2.12. The Balaban J connectivity index is 2.48. The summed E-state index contributed by atoms with van der Waals surface area (Å²) in [6, 6.07) is 0.00866. The quantitative estimate of drug-likeness (QED) is 0.690. The van der Waals surface area contributed by atoms with Crippen LogP contribution < -0.4 is 5.73 Å². The molecule has 0 heterocycles. The molecule has 3 heteroatoms. The van der Waals surface area contributed by atoms with Gasteiger partial charge in [-0.3, -0.25) is 4.79 Å². The zero-order chi connectivity index (χ0) is 10.4. The third-order valence-electron chi connectivity index (χ3n) is 2.91. The van der Waals surface area contributed by atoms with Crippen LogP contribution in [-0.2, 0) is 9.53 Å². The normalized spacial score (nSPS) is 29.0. The predicted octanol–water partition coefficient (Wildman–Crippen LogP) is 1.85. The van der Waals surface area contributed by atoms with Gasteiger partial charge in [-0.05, 0) is 19.8 Å². The number of hydrogen-bond donors (Lipinski definition) is 1. The second-order valence-electron chi connectivity index (χ2n) is 4.01. The van der Waals surface area contributed by atoms with Crippen LogP contribution in [0.1, 0.15) is 45.4 Å². The van der Waals surface area contributed by atoms with Crippen molar-refractivity contribution in [3.63, 3.8) is 0 Å². The first-order valence-electron chi connectivity index (χ1n) is 5.68. The van der Waals surface area contributed by atoms with Crippen molar-refractivity contribution in [2.75, 3.05) is 6.61 Å². The van der Waals surface area contributed by atoms with Gasteiger partial charge in [0.05, 0.1) is 12.5 Å². The first-order valence-corrected chi connectivity index (χ1v) is 5.68. The van der Waals surface area contributed by atoms with Gasteiger partial charge in [-0.25, -0.2) is 0 Å². The molecule has 0 aromatic heterocycles. The predicted molar refractivity (Wildman–Crippen MR) is 55.8 cm³/mol. The molecule has 1 rings (SSSR count). The molecule has 0 aliphatic heterocycles. The molecule has 0 amide bonds. The van der Waals surface area contributed by atoms with Crippen molar-refractivity contribution in [3.8, 4) is 0 Å². The number of carbonyl (C=O) groups is 1. The standard InChI is InChI=1S/C11H21NO2/c1-2-14-11(13)9-7-5-3-4-6-8-10(9)12/h9-10H,2-8,12H2,1H3/t9-,10+/m0/s1. The maximum atomic E-state index is 11.6. The molecular formula is C11H21NO2. The van der Waals surface area contributed by atoms with Gasteiger partial charge in [0.25, 0.3) is 0 Å². The van der Waals surface area contributed by atoms with Crippen molar-refractivity contribution in [3.05, 3.63) is 0 Å². The van der Waals surface area contributed by atoms with Gasteiger partial charge in [0.15, 0.2) is 0 Å². The summed E-state index contributed by atoms with van der Waals surface area (Å²) >= 11 is 0. The number of esters is 1. The number of hydrogen-bond acceptors (Lipinski definition) is 3. The zero-order valence-corrected chi connectivity index (χ0v) is 9.00. The van der Waals surface area contributed by atoms with Crippen LogP contribution in [0.4, 0.5) is 0 Å². The lowest BCUT2D eigenvalue weighted by molar-refractivity contribution is -0.149. The minimum absolute atomic E-state index is 0.00866. The van der Waals surface area contributed by atoms with E-state index in [1.807, 2.05) is 6.92 Å². The highest BCUT2D eigenvalue weighted by Crippen LogP contribution is 2.22. The second kappa shape index (κ2) is 6.02. The monoisotopic (exact) mass is 199 g/mol. The second-order valence-corrected chi connectivity index (χ2v) is 4.01. The summed E-state index contributed by atoms with van der Waals surface area (Å²) < 4.78 is 5.03. The number of ether oxygens (including phenoxy) is 1. The van der Waals surface area contributed by atoms with Gasteiger partial charge >= 0.3 is 5.97 Å². The summed E-state index contributed by atoms with van der Waals surface area (Å²) in [5.41, 5.74) is 5.98. The molecule has 1 aliphatic rings. The van der Waals surface area contributed by atoms with Crippen LogP contribution >= 0.6 is 0 Å². The van der Waals surface area contributed by atoms with E-state index < -0.39 is 0 Å². The minimum atomic E-state index is -0.0955. The maximum Gasteiger partial charge on any atom is 0.310 e. The van der Waals surface area contributed by atoms with Gasteiger partial charge in [0, 0.05) is 6.04 Å². The Labute approximate surface area is 86.0 Å². The molecule has 0 saturated heterocycles. The Hall–Kier alpha value is -0.570. The van der Waals surface area contributed by atoms with Crippen LogP contribution in [0.3, 0.4) is 0 Å². The van der Waals surface area contributed by atoms with Gasteiger partial charge in [0.2, 0.25) is 0 Å². The largest absolute Gasteiger partial charge is 0.466 e. The Morgan fingerprint density at radius 3 is 2.57 bits per heavy atom. The molecule has 0 aromatic carbocycles. The van der Waals surface area contributed by atoms with Gasteiger partial charge in [-0.2, -0.15) is 0 Å². The maximum absolute atomic E-state index is 11.6. The van der Waals surface area contributed by atoms with Gasteiger partial charge in [-0.1, -0.05) is 25.7 Å². The summed E-state index contributed by atoms with van der Waals surface area (Å²) in [4.78, 5) is 11.6. The molecule has 0 unspecified atom stereocenters. The van der Waals surface area contributed by atoms with E-state index in [9.17, 15) is 4.79 Å². The lowest BCUT2D eigenvalue weighted by Gasteiger charge is -2.24. The van der Waals surface area contributed by atoms with Crippen LogP contribution in [0.5, 0.6) is 0 Å². The number of rotatable bonds is 2. The molecule has 3 nitrogen and oxygen atoms in total. The first kappa shape index (κ1) is 11.5. The lowest BCUT2D eigenvalue weighted by Crippen LogP contribution is -2.37. The van der Waals surface area contributed by atoms with Crippen molar-refractivity contribution in [2.45, 2.75) is 51.5 Å². The number of nitrogens with two attached hydrogens (primary N) is 1. The molecule has 2 atom stereocenters. The van der Waals surface area contributed by atoms with Gasteiger partial charge in [-0.15, -0.1) is 0 Å². The van der Waals surface area contributed by atoms with E-state index in [2.05, 4.69) is 0 Å². The Kier molecular flexibility index (Phi) is 4.94. The van der Waals surface area contributed by atoms with E-state index in [0.717, 1.165) is 25.7 Å². The van der Waals surface area contributed by atoms with E-state index in [0.29, 0.717) is 6.61 Å². The Bertz CT molecular complexity index is 182. The van der Waals surface area contributed by atoms with Gasteiger partial charge in [0.1, 0.15) is 0 Å². The highest BCUT2D eigenvalue weighted by molar-refractivity contribution is 5.73.